The molecule has 1 aromatic rings. The minimum atomic E-state index is -0.745. The molecule has 0 saturated carbocycles. The summed E-state index contributed by atoms with van der Waals surface area (Å²) >= 11 is 0. The Hall–Kier alpha value is -1.88. The van der Waals surface area contributed by atoms with E-state index < -0.39 is 6.09 Å². The number of ether oxygens (including phenoxy) is 1. The summed E-state index contributed by atoms with van der Waals surface area (Å²) in [6, 6.07) is 9.30. The topological polar surface area (TPSA) is 55.8 Å². The van der Waals surface area contributed by atoms with Crippen molar-refractivity contribution in [2.45, 2.75) is 39.4 Å². The van der Waals surface area contributed by atoms with Crippen molar-refractivity contribution >= 4 is 12.0 Å². The molecule has 1 heterocycles. The summed E-state index contributed by atoms with van der Waals surface area (Å²) in [6.45, 7) is 4.22. The third kappa shape index (κ3) is 3.81. The van der Waals surface area contributed by atoms with Crippen molar-refractivity contribution in [1.29, 1.82) is 0 Å². The van der Waals surface area contributed by atoms with Crippen LogP contribution >= 0.6 is 0 Å². The van der Waals surface area contributed by atoms with Gasteiger partial charge in [0.2, 0.25) is 0 Å². The molecule has 1 saturated heterocycles. The van der Waals surface area contributed by atoms with Gasteiger partial charge in [0.25, 0.3) is 5.91 Å². The number of nitrogens with zero attached hydrogens (tertiary/aromatic N) is 1. The first-order valence-corrected chi connectivity index (χ1v) is 6.76. The van der Waals surface area contributed by atoms with Gasteiger partial charge in [0.1, 0.15) is 6.61 Å². The Kier molecular flexibility index (Phi) is 4.74. The Morgan fingerprint density at radius 3 is 2.75 bits per heavy atom. The molecule has 0 unspecified atom stereocenters. The third-order valence-corrected chi connectivity index (χ3v) is 2.99. The predicted octanol–water partition coefficient (Wildman–Crippen LogP) is 2.90. The second-order valence-corrected chi connectivity index (χ2v) is 5.29. The maximum absolute atomic E-state index is 11.8. The lowest BCUT2D eigenvalue weighted by molar-refractivity contribution is -0.162. The van der Waals surface area contributed by atoms with E-state index >= 15 is 0 Å². The van der Waals surface area contributed by atoms with E-state index in [1.54, 1.807) is 0 Å². The Bertz CT molecular complexity index is 472. The molecule has 5 heteroatoms. The summed E-state index contributed by atoms with van der Waals surface area (Å²) in [7, 11) is 0. The fourth-order valence-electron chi connectivity index (χ4n) is 2.10. The van der Waals surface area contributed by atoms with Gasteiger partial charge in [-0.05, 0) is 17.9 Å². The zero-order valence-electron chi connectivity index (χ0n) is 11.7. The normalized spacial score (nSPS) is 18.6. The van der Waals surface area contributed by atoms with E-state index in [-0.39, 0.29) is 25.0 Å². The maximum Gasteiger partial charge on any atom is 0.441 e. The number of amides is 2. The van der Waals surface area contributed by atoms with Crippen LogP contribution in [0.2, 0.25) is 0 Å². The first kappa shape index (κ1) is 14.5. The van der Waals surface area contributed by atoms with Crippen molar-refractivity contribution < 1.29 is 19.2 Å². The van der Waals surface area contributed by atoms with Gasteiger partial charge in [-0.15, -0.1) is 5.06 Å². The van der Waals surface area contributed by atoms with E-state index in [1.807, 2.05) is 44.2 Å². The van der Waals surface area contributed by atoms with E-state index in [2.05, 4.69) is 0 Å². The predicted molar refractivity (Wildman–Crippen MR) is 72.4 cm³/mol. The summed E-state index contributed by atoms with van der Waals surface area (Å²) in [6.07, 6.45) is 0.00388. The monoisotopic (exact) mass is 277 g/mol. The highest BCUT2D eigenvalue weighted by molar-refractivity contribution is 5.91. The minimum absolute atomic E-state index is 0.127. The molecule has 1 aliphatic rings. The molecule has 0 spiro atoms. The van der Waals surface area contributed by atoms with Crippen LogP contribution < -0.4 is 0 Å². The summed E-state index contributed by atoms with van der Waals surface area (Å²) in [4.78, 5) is 28.9. The van der Waals surface area contributed by atoms with Gasteiger partial charge in [0.15, 0.2) is 0 Å². The van der Waals surface area contributed by atoms with Gasteiger partial charge in [-0.1, -0.05) is 44.2 Å². The number of carbonyl (C=O) groups is 2. The smallest absolute Gasteiger partial charge is 0.441 e. The van der Waals surface area contributed by atoms with E-state index in [0.29, 0.717) is 5.92 Å². The van der Waals surface area contributed by atoms with Gasteiger partial charge in [0.05, 0.1) is 12.5 Å². The summed E-state index contributed by atoms with van der Waals surface area (Å²) in [5, 5.41) is 0.746. The molecule has 5 nitrogen and oxygen atoms in total. The molecule has 1 aromatic carbocycles. The number of hydroxylamine groups is 2. The lowest BCUT2D eigenvalue weighted by Crippen LogP contribution is -2.31. The largest absolute Gasteiger partial charge is 0.443 e. The first-order chi connectivity index (χ1) is 9.56. The average Bonchev–Trinajstić information content (AvgIpc) is 2.77. The lowest BCUT2D eigenvalue weighted by atomic mass is 10.0. The van der Waals surface area contributed by atoms with Gasteiger partial charge >= 0.3 is 6.09 Å². The minimum Gasteiger partial charge on any atom is -0.443 e. The number of hydrogen-bond donors (Lipinski definition) is 0. The molecule has 0 aromatic heterocycles. The highest BCUT2D eigenvalue weighted by Crippen LogP contribution is 2.22. The quantitative estimate of drug-likeness (QED) is 0.849. The lowest BCUT2D eigenvalue weighted by Gasteiger charge is -2.15. The molecule has 0 bridgehead atoms. The molecule has 108 valence electrons. The van der Waals surface area contributed by atoms with Gasteiger partial charge in [-0.3, -0.25) is 9.63 Å². The fraction of sp³-hybridized carbons (Fsp3) is 0.467. The van der Waals surface area contributed by atoms with Crippen LogP contribution in [0.1, 0.15) is 32.3 Å². The number of hydrogen-bond acceptors (Lipinski definition) is 4. The van der Waals surface area contributed by atoms with Crippen LogP contribution in [-0.4, -0.2) is 23.2 Å². The van der Waals surface area contributed by atoms with E-state index in [9.17, 15) is 9.59 Å². The number of imide groups is 1. The Morgan fingerprint density at radius 2 is 2.10 bits per heavy atom. The third-order valence-electron chi connectivity index (χ3n) is 2.99. The van der Waals surface area contributed by atoms with Crippen molar-refractivity contribution in [3.05, 3.63) is 35.9 Å². The zero-order valence-corrected chi connectivity index (χ0v) is 11.7. The van der Waals surface area contributed by atoms with Crippen molar-refractivity contribution in [2.75, 3.05) is 0 Å². The van der Waals surface area contributed by atoms with E-state index in [1.165, 1.54) is 0 Å². The molecular weight excluding hydrogens is 258 g/mol. The first-order valence-electron chi connectivity index (χ1n) is 6.76. The molecular formula is C15H19NO4. The zero-order chi connectivity index (χ0) is 14.5. The molecule has 0 N–H and O–H groups in total. The fourth-order valence-corrected chi connectivity index (χ4v) is 2.10. The molecule has 2 rings (SSSR count). The van der Waals surface area contributed by atoms with Crippen LogP contribution in [0.15, 0.2) is 30.3 Å². The van der Waals surface area contributed by atoms with Crippen molar-refractivity contribution in [3.63, 3.8) is 0 Å². The van der Waals surface area contributed by atoms with E-state index in [0.717, 1.165) is 17.0 Å². The molecule has 0 radical (unpaired) electrons. The van der Waals surface area contributed by atoms with Crippen molar-refractivity contribution in [1.82, 2.24) is 5.06 Å². The maximum atomic E-state index is 11.8. The van der Waals surface area contributed by atoms with Gasteiger partial charge in [-0.2, -0.15) is 0 Å². The summed E-state index contributed by atoms with van der Waals surface area (Å²) < 4.78 is 5.08. The average molecular weight is 277 g/mol. The van der Waals surface area contributed by atoms with Crippen LogP contribution in [0.4, 0.5) is 4.79 Å². The number of rotatable bonds is 4. The van der Waals surface area contributed by atoms with Gasteiger partial charge < -0.3 is 4.74 Å². The Morgan fingerprint density at radius 1 is 1.40 bits per heavy atom. The van der Waals surface area contributed by atoms with Crippen LogP contribution in [0, 0.1) is 5.92 Å². The second-order valence-electron chi connectivity index (χ2n) is 5.29. The van der Waals surface area contributed by atoms with Gasteiger partial charge in [-0.25, -0.2) is 4.79 Å². The SMILES string of the molecule is CC(C)C[C@@H]1CC(=O)N(C(=O)OCc2ccccc2)O1. The molecule has 2 amide bonds. The summed E-state index contributed by atoms with van der Waals surface area (Å²) in [5.41, 5.74) is 0.867. The molecule has 1 atom stereocenters. The number of carbonyl (C=O) groups excluding carboxylic acids is 2. The Labute approximate surface area is 118 Å². The van der Waals surface area contributed by atoms with Crippen LogP contribution in [0.5, 0.6) is 0 Å². The highest BCUT2D eigenvalue weighted by Gasteiger charge is 2.36. The van der Waals surface area contributed by atoms with Gasteiger partial charge in [0, 0.05) is 0 Å². The molecule has 0 aliphatic carbocycles. The van der Waals surface area contributed by atoms with Crippen molar-refractivity contribution in [3.8, 4) is 0 Å². The number of benzene rings is 1. The second kappa shape index (κ2) is 6.52. The van der Waals surface area contributed by atoms with Crippen LogP contribution in [-0.2, 0) is 21.0 Å². The van der Waals surface area contributed by atoms with Crippen LogP contribution in [0.3, 0.4) is 0 Å². The summed E-state index contributed by atoms with van der Waals surface area (Å²) in [5.74, 6) is 0.0711. The van der Waals surface area contributed by atoms with Crippen LogP contribution in [0.25, 0.3) is 0 Å². The van der Waals surface area contributed by atoms with E-state index in [4.69, 9.17) is 9.57 Å². The van der Waals surface area contributed by atoms with Crippen molar-refractivity contribution in [2.24, 2.45) is 5.92 Å². The standard InChI is InChI=1S/C15H19NO4/c1-11(2)8-13-9-14(17)16(20-13)15(18)19-10-12-6-4-3-5-7-12/h3-7,11,13H,8-10H2,1-2H3/t13-/m1/s1. The molecule has 1 fully saturated rings. The molecule has 20 heavy (non-hydrogen) atoms. The highest BCUT2D eigenvalue weighted by atomic mass is 16.7. The Balaban J connectivity index is 1.85. The molecule has 1 aliphatic heterocycles.